The number of hydrogen-bond donors (Lipinski definition) is 2. The number of benzene rings is 3. The van der Waals surface area contributed by atoms with Crippen molar-refractivity contribution in [2.75, 3.05) is 31.5 Å². The number of carbonyl (C=O) groups is 2. The summed E-state index contributed by atoms with van der Waals surface area (Å²) in [4.78, 5) is 31.4. The molecule has 0 unspecified atom stereocenters. The fourth-order valence-electron chi connectivity index (χ4n) is 5.87. The number of hydrogen-bond acceptors (Lipinski definition) is 5. The van der Waals surface area contributed by atoms with E-state index in [4.69, 9.17) is 4.42 Å². The van der Waals surface area contributed by atoms with Crippen LogP contribution in [0.5, 0.6) is 0 Å². The van der Waals surface area contributed by atoms with Crippen LogP contribution in [-0.2, 0) is 4.79 Å². The Bertz CT molecular complexity index is 1690. The highest BCUT2D eigenvalue weighted by Crippen LogP contribution is 2.35. The third kappa shape index (κ3) is 6.00. The number of nitrogens with zero attached hydrogens (tertiary/aromatic N) is 2. The molecular weight excluding hydrogens is 512 g/mol. The number of furan rings is 1. The summed E-state index contributed by atoms with van der Waals surface area (Å²) in [6.45, 7) is 5.12. The van der Waals surface area contributed by atoms with Crippen LogP contribution in [0.2, 0.25) is 0 Å². The van der Waals surface area contributed by atoms with Gasteiger partial charge in [-0.05, 0) is 92.2 Å². The quantitative estimate of drug-likeness (QED) is 0.214. The zero-order valence-corrected chi connectivity index (χ0v) is 23.2. The summed E-state index contributed by atoms with van der Waals surface area (Å²) in [6.07, 6.45) is 4.84. The molecule has 2 N–H and O–H groups in total. The fraction of sp³-hybridized carbons (Fsp3) is 0.265. The summed E-state index contributed by atoms with van der Waals surface area (Å²) in [6, 6.07) is 26.0. The van der Waals surface area contributed by atoms with Crippen molar-refractivity contribution in [2.45, 2.75) is 32.1 Å². The summed E-state index contributed by atoms with van der Waals surface area (Å²) in [5.41, 5.74) is 4.77. The second-order valence-corrected chi connectivity index (χ2v) is 10.7. The van der Waals surface area contributed by atoms with Crippen LogP contribution < -0.4 is 10.6 Å². The van der Waals surface area contributed by atoms with E-state index in [0.717, 1.165) is 77.6 Å². The van der Waals surface area contributed by atoms with Crippen LogP contribution in [0.3, 0.4) is 0 Å². The predicted molar refractivity (Wildman–Crippen MR) is 163 cm³/mol. The maximum absolute atomic E-state index is 13.0. The molecule has 0 atom stereocenters. The highest BCUT2D eigenvalue weighted by molar-refractivity contribution is 6.12. The molecule has 1 saturated heterocycles. The molecule has 6 rings (SSSR count). The van der Waals surface area contributed by atoms with Gasteiger partial charge in [-0.15, -0.1) is 0 Å². The smallest absolute Gasteiger partial charge is 0.287 e. The summed E-state index contributed by atoms with van der Waals surface area (Å²) in [5, 5.41) is 8.83. The van der Waals surface area contributed by atoms with Crippen molar-refractivity contribution >= 4 is 39.2 Å². The average molecular weight is 547 g/mol. The van der Waals surface area contributed by atoms with Crippen molar-refractivity contribution in [2.24, 2.45) is 0 Å². The van der Waals surface area contributed by atoms with E-state index >= 15 is 0 Å². The van der Waals surface area contributed by atoms with E-state index in [-0.39, 0.29) is 11.8 Å². The van der Waals surface area contributed by atoms with E-state index in [1.54, 1.807) is 6.20 Å². The van der Waals surface area contributed by atoms with E-state index in [1.165, 1.54) is 12.5 Å². The van der Waals surface area contributed by atoms with Crippen LogP contribution in [0.25, 0.3) is 33.0 Å². The number of rotatable bonds is 8. The SMILES string of the molecule is CC(=O)Nc1cccc(C2CCN(CCCNC(=O)c3cc4cc(-c5ccccn5)c5ccccc5c4o3)CC2)c1. The molecule has 5 aromatic rings. The first-order valence-corrected chi connectivity index (χ1v) is 14.3. The molecule has 3 aromatic carbocycles. The Balaban J connectivity index is 1.04. The van der Waals surface area contributed by atoms with E-state index in [2.05, 4.69) is 44.8 Å². The molecule has 0 spiro atoms. The molecule has 208 valence electrons. The van der Waals surface area contributed by atoms with Gasteiger partial charge in [-0.3, -0.25) is 14.6 Å². The van der Waals surface area contributed by atoms with E-state index in [1.807, 2.05) is 54.6 Å². The Morgan fingerprint density at radius 3 is 2.54 bits per heavy atom. The van der Waals surface area contributed by atoms with Crippen molar-refractivity contribution in [3.8, 4) is 11.3 Å². The van der Waals surface area contributed by atoms with Gasteiger partial charge in [-0.25, -0.2) is 0 Å². The minimum atomic E-state index is -0.192. The second-order valence-electron chi connectivity index (χ2n) is 10.7. The third-order valence-electron chi connectivity index (χ3n) is 7.89. The van der Waals surface area contributed by atoms with E-state index in [0.29, 0.717) is 18.2 Å². The molecule has 41 heavy (non-hydrogen) atoms. The number of likely N-dealkylation sites (tertiary alicyclic amines) is 1. The number of aromatic nitrogens is 1. The van der Waals surface area contributed by atoms with Gasteiger partial charge in [0.25, 0.3) is 5.91 Å². The number of piperidine rings is 1. The Labute approximate surface area is 239 Å². The van der Waals surface area contributed by atoms with Crippen LogP contribution >= 0.6 is 0 Å². The largest absolute Gasteiger partial charge is 0.450 e. The molecule has 2 amide bonds. The standard InChI is InChI=1S/C34H34N4O3/c1-23(39)37-27-9-6-8-25(20-27)24-13-18-38(19-14-24)17-7-16-36-34(40)32-22-26-21-30(31-12-4-5-15-35-31)28-10-2-3-11-29(28)33(26)41-32/h2-6,8-12,15,20-22,24H,7,13-14,16-19H2,1H3,(H,36,40)(H,37,39). The zero-order valence-electron chi connectivity index (χ0n) is 23.2. The van der Waals surface area contributed by atoms with Crippen LogP contribution in [-0.4, -0.2) is 47.9 Å². The number of pyridine rings is 1. The molecule has 1 fully saturated rings. The minimum absolute atomic E-state index is 0.0485. The van der Waals surface area contributed by atoms with Crippen LogP contribution in [0.15, 0.2) is 89.5 Å². The lowest BCUT2D eigenvalue weighted by molar-refractivity contribution is -0.114. The number of amides is 2. The molecule has 0 bridgehead atoms. The highest BCUT2D eigenvalue weighted by Gasteiger charge is 2.21. The summed E-state index contributed by atoms with van der Waals surface area (Å²) in [7, 11) is 0. The lowest BCUT2D eigenvalue weighted by atomic mass is 9.89. The molecule has 2 aromatic heterocycles. The van der Waals surface area contributed by atoms with Crippen molar-refractivity contribution in [1.82, 2.24) is 15.2 Å². The van der Waals surface area contributed by atoms with Gasteiger partial charge >= 0.3 is 0 Å². The van der Waals surface area contributed by atoms with Gasteiger partial charge in [-0.2, -0.15) is 0 Å². The van der Waals surface area contributed by atoms with Gasteiger partial charge in [0.2, 0.25) is 5.91 Å². The van der Waals surface area contributed by atoms with Crippen molar-refractivity contribution < 1.29 is 14.0 Å². The van der Waals surface area contributed by atoms with Crippen LogP contribution in [0, 0.1) is 0 Å². The maximum atomic E-state index is 13.0. The Kier molecular flexibility index (Phi) is 7.78. The zero-order chi connectivity index (χ0) is 28.2. The first-order valence-electron chi connectivity index (χ1n) is 14.3. The monoisotopic (exact) mass is 546 g/mol. The molecule has 1 aliphatic rings. The minimum Gasteiger partial charge on any atom is -0.450 e. The number of carbonyl (C=O) groups excluding carboxylic acids is 2. The van der Waals surface area contributed by atoms with Crippen molar-refractivity contribution in [3.05, 3.63) is 96.4 Å². The fourth-order valence-corrected chi connectivity index (χ4v) is 5.87. The number of nitrogens with one attached hydrogen (secondary N) is 2. The Hall–Kier alpha value is -4.49. The second kappa shape index (κ2) is 11.9. The van der Waals surface area contributed by atoms with E-state index in [9.17, 15) is 9.59 Å². The van der Waals surface area contributed by atoms with Gasteiger partial charge in [0.15, 0.2) is 5.76 Å². The van der Waals surface area contributed by atoms with Crippen molar-refractivity contribution in [3.63, 3.8) is 0 Å². The lowest BCUT2D eigenvalue weighted by Crippen LogP contribution is -2.35. The van der Waals surface area contributed by atoms with Crippen LogP contribution in [0.4, 0.5) is 5.69 Å². The van der Waals surface area contributed by atoms with Gasteiger partial charge in [0.1, 0.15) is 5.58 Å². The summed E-state index contributed by atoms with van der Waals surface area (Å²) < 4.78 is 6.10. The first kappa shape index (κ1) is 26.7. The molecule has 7 nitrogen and oxygen atoms in total. The average Bonchev–Trinajstić information content (AvgIpc) is 3.44. The lowest BCUT2D eigenvalue weighted by Gasteiger charge is -2.32. The summed E-state index contributed by atoms with van der Waals surface area (Å²) >= 11 is 0. The van der Waals surface area contributed by atoms with Gasteiger partial charge in [-0.1, -0.05) is 42.5 Å². The van der Waals surface area contributed by atoms with E-state index < -0.39 is 0 Å². The maximum Gasteiger partial charge on any atom is 0.287 e. The molecule has 0 aliphatic carbocycles. The van der Waals surface area contributed by atoms with Gasteiger partial charge in [0, 0.05) is 41.7 Å². The van der Waals surface area contributed by atoms with Gasteiger partial charge in [0.05, 0.1) is 5.69 Å². The molecule has 1 aliphatic heterocycles. The molecule has 3 heterocycles. The third-order valence-corrected chi connectivity index (χ3v) is 7.89. The Morgan fingerprint density at radius 1 is 0.951 bits per heavy atom. The highest BCUT2D eigenvalue weighted by atomic mass is 16.3. The molecule has 0 radical (unpaired) electrons. The summed E-state index contributed by atoms with van der Waals surface area (Å²) in [5.74, 6) is 0.586. The molecule has 0 saturated carbocycles. The van der Waals surface area contributed by atoms with Crippen molar-refractivity contribution in [1.29, 1.82) is 0 Å². The topological polar surface area (TPSA) is 87.5 Å². The predicted octanol–water partition coefficient (Wildman–Crippen LogP) is 6.61. The number of fused-ring (bicyclic) bond motifs is 3. The number of anilines is 1. The molecular formula is C34H34N4O3. The Morgan fingerprint density at radius 2 is 1.76 bits per heavy atom. The van der Waals surface area contributed by atoms with Gasteiger partial charge < -0.3 is 20.0 Å². The molecule has 7 heteroatoms. The normalized spacial score (nSPS) is 14.4. The first-order chi connectivity index (χ1) is 20.0. The van der Waals surface area contributed by atoms with Crippen LogP contribution in [0.1, 0.15) is 48.2 Å².